The summed E-state index contributed by atoms with van der Waals surface area (Å²) in [4.78, 5) is 14.8. The number of nitrogens with two attached hydrogens (primary N) is 1. The van der Waals surface area contributed by atoms with E-state index in [2.05, 4.69) is 9.71 Å². The Morgan fingerprint density at radius 2 is 2.09 bits per heavy atom. The molecule has 0 spiro atoms. The molecule has 0 saturated carbocycles. The molecule has 0 bridgehead atoms. The van der Waals surface area contributed by atoms with E-state index < -0.39 is 27.4 Å². The van der Waals surface area contributed by atoms with Crippen molar-refractivity contribution in [2.75, 3.05) is 10.5 Å². The van der Waals surface area contributed by atoms with Crippen LogP contribution in [0.3, 0.4) is 0 Å². The number of anilines is 2. The molecule has 23 heavy (non-hydrogen) atoms. The number of aromatic carboxylic acids is 1. The van der Waals surface area contributed by atoms with Gasteiger partial charge in [0.1, 0.15) is 5.82 Å². The van der Waals surface area contributed by atoms with Crippen LogP contribution >= 0.6 is 0 Å². The highest BCUT2D eigenvalue weighted by Crippen LogP contribution is 2.27. The summed E-state index contributed by atoms with van der Waals surface area (Å²) in [5.41, 5.74) is 4.32. The first-order valence-electron chi connectivity index (χ1n) is 6.50. The molecule has 2 aromatic rings. The summed E-state index contributed by atoms with van der Waals surface area (Å²) >= 11 is 0. The number of rotatable bonds is 5. The van der Waals surface area contributed by atoms with Gasteiger partial charge in [0.15, 0.2) is 5.03 Å². The molecule has 124 valence electrons. The van der Waals surface area contributed by atoms with Crippen molar-refractivity contribution in [3.63, 3.8) is 0 Å². The number of aromatic nitrogens is 2. The first kappa shape index (κ1) is 16.7. The van der Waals surface area contributed by atoms with E-state index in [9.17, 15) is 17.6 Å². The van der Waals surface area contributed by atoms with Crippen molar-refractivity contribution in [2.45, 2.75) is 24.9 Å². The highest BCUT2D eigenvalue weighted by atomic mass is 32.2. The lowest BCUT2D eigenvalue weighted by molar-refractivity contribution is 0.0697. The van der Waals surface area contributed by atoms with Crippen molar-refractivity contribution in [3.8, 4) is 0 Å². The van der Waals surface area contributed by atoms with Crippen molar-refractivity contribution in [3.05, 3.63) is 36.0 Å². The molecule has 0 aliphatic carbocycles. The number of nitrogens with zero attached hydrogens (tertiary/aromatic N) is 2. The minimum absolute atomic E-state index is 0.00398. The molecule has 4 N–H and O–H groups in total. The van der Waals surface area contributed by atoms with E-state index in [0.717, 1.165) is 6.07 Å². The number of hydrogen-bond acceptors (Lipinski definition) is 5. The van der Waals surface area contributed by atoms with Crippen molar-refractivity contribution in [1.29, 1.82) is 0 Å². The molecule has 1 aromatic heterocycles. The largest absolute Gasteiger partial charge is 0.478 e. The summed E-state index contributed by atoms with van der Waals surface area (Å²) in [6.45, 7) is 3.68. The Bertz CT molecular complexity index is 861. The van der Waals surface area contributed by atoms with Crippen molar-refractivity contribution < 1.29 is 22.7 Å². The quantitative estimate of drug-likeness (QED) is 0.709. The molecule has 0 aliphatic heterocycles. The Labute approximate surface area is 131 Å². The minimum atomic E-state index is -4.13. The van der Waals surface area contributed by atoms with Crippen LogP contribution in [0.1, 0.15) is 30.2 Å². The van der Waals surface area contributed by atoms with Crippen LogP contribution in [-0.2, 0) is 10.0 Å². The molecule has 0 amide bonds. The van der Waals surface area contributed by atoms with Gasteiger partial charge in [-0.3, -0.25) is 4.72 Å². The lowest BCUT2D eigenvalue weighted by Gasteiger charge is -2.11. The fraction of sp³-hybridized carbons (Fsp3) is 0.231. The van der Waals surface area contributed by atoms with Gasteiger partial charge in [0.05, 0.1) is 23.3 Å². The summed E-state index contributed by atoms with van der Waals surface area (Å²) in [7, 11) is -4.13. The van der Waals surface area contributed by atoms with Crippen LogP contribution in [-0.4, -0.2) is 29.0 Å². The maximum Gasteiger partial charge on any atom is 0.337 e. The van der Waals surface area contributed by atoms with Crippen molar-refractivity contribution in [2.24, 2.45) is 0 Å². The van der Waals surface area contributed by atoms with Gasteiger partial charge in [-0.15, -0.1) is 0 Å². The predicted octanol–water partition coefficient (Wildman–Crippen LogP) is 1.68. The smallest absolute Gasteiger partial charge is 0.337 e. The molecule has 8 nitrogen and oxygen atoms in total. The zero-order valence-corrected chi connectivity index (χ0v) is 13.1. The highest BCUT2D eigenvalue weighted by Gasteiger charge is 2.22. The topological polar surface area (TPSA) is 127 Å². The Morgan fingerprint density at radius 3 is 2.61 bits per heavy atom. The standard InChI is InChI=1S/C13H15FN4O4S/c1-7(2)18-5-11(16-6-18)23(21,22)17-10-4-8(14)3-9(12(10)15)13(19)20/h3-7,17H,15H2,1-2H3,(H,19,20). The van der Waals surface area contributed by atoms with E-state index in [1.54, 1.807) is 4.57 Å². The number of sulfonamides is 1. The van der Waals surface area contributed by atoms with E-state index in [4.69, 9.17) is 10.8 Å². The average molecular weight is 342 g/mol. The second kappa shape index (κ2) is 5.88. The summed E-state index contributed by atoms with van der Waals surface area (Å²) in [6, 6.07) is 1.52. The van der Waals surface area contributed by atoms with Gasteiger partial charge in [-0.2, -0.15) is 8.42 Å². The van der Waals surface area contributed by atoms with Crippen LogP contribution in [0, 0.1) is 5.82 Å². The Morgan fingerprint density at radius 1 is 1.43 bits per heavy atom. The maximum atomic E-state index is 13.5. The molecule has 0 radical (unpaired) electrons. The minimum Gasteiger partial charge on any atom is -0.478 e. The fourth-order valence-electron chi connectivity index (χ4n) is 1.82. The number of nitrogens with one attached hydrogen (secondary N) is 1. The first-order chi connectivity index (χ1) is 10.6. The normalized spacial score (nSPS) is 11.7. The van der Waals surface area contributed by atoms with Gasteiger partial charge in [-0.1, -0.05) is 0 Å². The van der Waals surface area contributed by atoms with Gasteiger partial charge in [0.2, 0.25) is 0 Å². The number of carboxylic acids is 1. The maximum absolute atomic E-state index is 13.5. The summed E-state index contributed by atoms with van der Waals surface area (Å²) in [5.74, 6) is -2.39. The zero-order chi connectivity index (χ0) is 17.4. The Kier molecular flexibility index (Phi) is 4.28. The molecule has 0 atom stereocenters. The molecule has 1 heterocycles. The van der Waals surface area contributed by atoms with Crippen molar-refractivity contribution in [1.82, 2.24) is 9.55 Å². The number of halogens is 1. The van der Waals surface area contributed by atoms with E-state index in [1.165, 1.54) is 12.5 Å². The summed E-state index contributed by atoms with van der Waals surface area (Å²) in [5, 5.41) is 8.67. The summed E-state index contributed by atoms with van der Waals surface area (Å²) in [6.07, 6.45) is 2.65. The van der Waals surface area contributed by atoms with E-state index in [0.29, 0.717) is 6.07 Å². The second-order valence-electron chi connectivity index (χ2n) is 5.08. The van der Waals surface area contributed by atoms with Gasteiger partial charge in [-0.25, -0.2) is 14.2 Å². The van der Waals surface area contributed by atoms with Crippen LogP contribution in [0.2, 0.25) is 0 Å². The lowest BCUT2D eigenvalue weighted by Crippen LogP contribution is -2.16. The Balaban J connectivity index is 2.42. The number of nitrogen functional groups attached to an aromatic ring is 1. The number of hydrogen-bond donors (Lipinski definition) is 3. The molecule has 0 fully saturated rings. The van der Waals surface area contributed by atoms with Gasteiger partial charge in [0, 0.05) is 18.3 Å². The molecule has 0 aliphatic rings. The molecule has 0 saturated heterocycles. The predicted molar refractivity (Wildman–Crippen MR) is 81.2 cm³/mol. The van der Waals surface area contributed by atoms with Gasteiger partial charge in [-0.05, 0) is 19.9 Å². The van der Waals surface area contributed by atoms with Crippen molar-refractivity contribution >= 4 is 27.4 Å². The average Bonchev–Trinajstić information content (AvgIpc) is 2.92. The molecule has 0 unspecified atom stereocenters. The van der Waals surface area contributed by atoms with Crippen LogP contribution < -0.4 is 10.5 Å². The van der Waals surface area contributed by atoms with Gasteiger partial charge < -0.3 is 15.4 Å². The molecule has 2 rings (SSSR count). The molecule has 10 heteroatoms. The fourth-order valence-corrected chi connectivity index (χ4v) is 2.82. The number of carbonyl (C=O) groups is 1. The SMILES string of the molecule is CC(C)n1cnc(S(=O)(=O)Nc2cc(F)cc(C(=O)O)c2N)c1. The van der Waals surface area contributed by atoms with E-state index in [1.807, 2.05) is 13.8 Å². The third-order valence-corrected chi connectivity index (χ3v) is 4.32. The third-order valence-electron chi connectivity index (χ3n) is 3.07. The van der Waals surface area contributed by atoms with E-state index >= 15 is 0 Å². The molecular weight excluding hydrogens is 327 g/mol. The molecule has 1 aromatic carbocycles. The van der Waals surface area contributed by atoms with E-state index in [-0.39, 0.29) is 22.4 Å². The third kappa shape index (κ3) is 3.42. The number of benzene rings is 1. The first-order valence-corrected chi connectivity index (χ1v) is 7.98. The highest BCUT2D eigenvalue weighted by molar-refractivity contribution is 7.92. The van der Waals surface area contributed by atoms with Crippen LogP contribution in [0.5, 0.6) is 0 Å². The molecular formula is C13H15FN4O4S. The number of imidazole rings is 1. The zero-order valence-electron chi connectivity index (χ0n) is 12.3. The van der Waals surface area contributed by atoms with Crippen LogP contribution in [0.4, 0.5) is 15.8 Å². The second-order valence-corrected chi connectivity index (χ2v) is 6.71. The lowest BCUT2D eigenvalue weighted by atomic mass is 10.1. The monoisotopic (exact) mass is 342 g/mol. The van der Waals surface area contributed by atoms with Crippen LogP contribution in [0.15, 0.2) is 29.7 Å². The Hall–Kier alpha value is -2.62. The van der Waals surface area contributed by atoms with Gasteiger partial charge >= 0.3 is 5.97 Å². The van der Waals surface area contributed by atoms with Crippen LogP contribution in [0.25, 0.3) is 0 Å². The van der Waals surface area contributed by atoms with Gasteiger partial charge in [0.25, 0.3) is 10.0 Å². The summed E-state index contributed by atoms with van der Waals surface area (Å²) < 4.78 is 41.7. The number of carboxylic acid groups (broad SMARTS) is 1.